The van der Waals surface area contributed by atoms with Crippen molar-refractivity contribution in [1.29, 1.82) is 0 Å². The summed E-state index contributed by atoms with van der Waals surface area (Å²) in [5, 5.41) is 27.6. The van der Waals surface area contributed by atoms with Crippen molar-refractivity contribution >= 4 is 13.1 Å². The van der Waals surface area contributed by atoms with Gasteiger partial charge in [0.25, 0.3) is 0 Å². The lowest BCUT2D eigenvalue weighted by Crippen LogP contribution is -2.55. The van der Waals surface area contributed by atoms with E-state index in [-0.39, 0.29) is 12.2 Å². The van der Waals surface area contributed by atoms with Crippen LogP contribution in [0.2, 0.25) is 6.32 Å². The van der Waals surface area contributed by atoms with Crippen LogP contribution in [0.25, 0.3) is 0 Å². The normalized spacial score (nSPS) is 23.0. The lowest BCUT2D eigenvalue weighted by molar-refractivity contribution is -0.146. The molecule has 0 radical (unpaired) electrons. The number of carbonyl (C=O) groups is 1. The Balaban J connectivity index is 1.58. The average molecular weight is 360 g/mol. The molecule has 1 aromatic carbocycles. The third kappa shape index (κ3) is 4.12. The molecule has 0 saturated carbocycles. The fourth-order valence-corrected chi connectivity index (χ4v) is 4.56. The van der Waals surface area contributed by atoms with E-state index < -0.39 is 18.6 Å². The molecule has 6 nitrogen and oxygen atoms in total. The monoisotopic (exact) mass is 360 g/mol. The lowest BCUT2D eigenvalue weighted by Gasteiger charge is -2.32. The molecule has 1 aliphatic carbocycles. The van der Waals surface area contributed by atoms with Crippen LogP contribution >= 0.6 is 0 Å². The molecule has 1 heterocycles. The van der Waals surface area contributed by atoms with E-state index in [2.05, 4.69) is 29.2 Å². The largest absolute Gasteiger partial charge is 0.480 e. The predicted molar refractivity (Wildman–Crippen MR) is 101 cm³/mol. The fraction of sp³-hybridized carbons (Fsp3) is 0.632. The standard InChI is InChI=1S/C19H29BN2O4/c21-19(18(23)24,8-3-4-9-20(25)26)16-7-10-22(13-16)17-11-14-5-1-2-6-15(14)12-17/h1-2,5-6,16-17,25-26H,3-4,7-13,21H2,(H,23,24). The minimum atomic E-state index is -1.34. The molecule has 1 saturated heterocycles. The van der Waals surface area contributed by atoms with Crippen LogP contribution in [-0.4, -0.2) is 57.8 Å². The van der Waals surface area contributed by atoms with Crippen molar-refractivity contribution in [3.63, 3.8) is 0 Å². The zero-order valence-electron chi connectivity index (χ0n) is 15.2. The number of rotatable bonds is 8. The van der Waals surface area contributed by atoms with E-state index >= 15 is 0 Å². The Morgan fingerprint density at radius 2 is 1.88 bits per heavy atom. The first-order valence-corrected chi connectivity index (χ1v) is 9.59. The van der Waals surface area contributed by atoms with E-state index in [0.29, 0.717) is 25.3 Å². The number of unbranched alkanes of at least 4 members (excludes halogenated alkanes) is 1. The first-order chi connectivity index (χ1) is 12.4. The molecule has 7 heteroatoms. The van der Waals surface area contributed by atoms with Gasteiger partial charge < -0.3 is 20.9 Å². The van der Waals surface area contributed by atoms with Crippen molar-refractivity contribution in [3.05, 3.63) is 35.4 Å². The Kier molecular flexibility index (Phi) is 6.02. The molecule has 5 N–H and O–H groups in total. The summed E-state index contributed by atoms with van der Waals surface area (Å²) in [7, 11) is -1.34. The van der Waals surface area contributed by atoms with Gasteiger partial charge in [-0.3, -0.25) is 9.69 Å². The molecular weight excluding hydrogens is 331 g/mol. The van der Waals surface area contributed by atoms with Gasteiger partial charge in [-0.05, 0) is 49.7 Å². The molecule has 1 aliphatic heterocycles. The lowest BCUT2D eigenvalue weighted by atomic mass is 9.77. The van der Waals surface area contributed by atoms with Gasteiger partial charge in [0.1, 0.15) is 5.54 Å². The zero-order chi connectivity index (χ0) is 18.7. The topological polar surface area (TPSA) is 107 Å². The van der Waals surface area contributed by atoms with Crippen LogP contribution in [-0.2, 0) is 17.6 Å². The molecule has 26 heavy (non-hydrogen) atoms. The van der Waals surface area contributed by atoms with Crippen molar-refractivity contribution < 1.29 is 19.9 Å². The van der Waals surface area contributed by atoms with Crippen molar-refractivity contribution in [3.8, 4) is 0 Å². The smallest absolute Gasteiger partial charge is 0.451 e. The Bertz CT molecular complexity index is 617. The quantitative estimate of drug-likeness (QED) is 0.405. The summed E-state index contributed by atoms with van der Waals surface area (Å²) in [4.78, 5) is 14.3. The first-order valence-electron chi connectivity index (χ1n) is 9.59. The van der Waals surface area contributed by atoms with Gasteiger partial charge in [0, 0.05) is 18.5 Å². The second kappa shape index (κ2) is 8.09. The van der Waals surface area contributed by atoms with Gasteiger partial charge in [-0.15, -0.1) is 0 Å². The van der Waals surface area contributed by atoms with Gasteiger partial charge in [0.05, 0.1) is 0 Å². The fourth-order valence-electron chi connectivity index (χ4n) is 4.56. The Morgan fingerprint density at radius 1 is 1.23 bits per heavy atom. The van der Waals surface area contributed by atoms with Gasteiger partial charge in [-0.1, -0.05) is 37.1 Å². The van der Waals surface area contributed by atoms with Crippen LogP contribution in [0.5, 0.6) is 0 Å². The molecule has 0 aromatic heterocycles. The molecule has 2 unspecified atom stereocenters. The maximum Gasteiger partial charge on any atom is 0.451 e. The number of fused-ring (bicyclic) bond motifs is 1. The number of carboxylic acid groups (broad SMARTS) is 1. The number of benzene rings is 1. The molecule has 1 aromatic rings. The summed E-state index contributed by atoms with van der Waals surface area (Å²) >= 11 is 0. The highest BCUT2D eigenvalue weighted by atomic mass is 16.4. The van der Waals surface area contributed by atoms with E-state index in [1.54, 1.807) is 0 Å². The Morgan fingerprint density at radius 3 is 2.46 bits per heavy atom. The molecule has 0 spiro atoms. The summed E-state index contributed by atoms with van der Waals surface area (Å²) in [6, 6.07) is 8.96. The van der Waals surface area contributed by atoms with Crippen LogP contribution in [0.15, 0.2) is 24.3 Å². The molecule has 2 atom stereocenters. The SMILES string of the molecule is NC(CCCCB(O)O)(C(=O)O)C1CCN(C2Cc3ccccc3C2)C1. The number of carboxylic acids is 1. The number of nitrogens with two attached hydrogens (primary N) is 1. The van der Waals surface area contributed by atoms with Crippen LogP contribution < -0.4 is 5.73 Å². The van der Waals surface area contributed by atoms with Crippen LogP contribution in [0.1, 0.15) is 36.8 Å². The molecular formula is C19H29BN2O4. The Labute approximate surface area is 155 Å². The maximum absolute atomic E-state index is 11.9. The summed E-state index contributed by atoms with van der Waals surface area (Å²) in [6.45, 7) is 1.62. The van der Waals surface area contributed by atoms with Gasteiger partial charge in [-0.25, -0.2) is 0 Å². The summed E-state index contributed by atoms with van der Waals surface area (Å²) in [5.41, 5.74) is 7.93. The van der Waals surface area contributed by atoms with Crippen molar-refractivity contribution in [1.82, 2.24) is 4.90 Å². The average Bonchev–Trinajstić information content (AvgIpc) is 3.24. The first kappa shape index (κ1) is 19.4. The molecule has 2 aliphatic rings. The molecule has 1 fully saturated rings. The molecule has 3 rings (SSSR count). The molecule has 142 valence electrons. The number of hydrogen-bond acceptors (Lipinski definition) is 5. The van der Waals surface area contributed by atoms with E-state index in [1.165, 1.54) is 11.1 Å². The Hall–Kier alpha value is -1.41. The van der Waals surface area contributed by atoms with Crippen LogP contribution in [0.4, 0.5) is 0 Å². The third-order valence-corrected chi connectivity index (χ3v) is 6.19. The number of aliphatic carboxylic acids is 1. The third-order valence-electron chi connectivity index (χ3n) is 6.19. The zero-order valence-corrected chi connectivity index (χ0v) is 15.2. The minimum absolute atomic E-state index is 0.0669. The van der Waals surface area contributed by atoms with E-state index in [1.807, 2.05) is 0 Å². The summed E-state index contributed by atoms with van der Waals surface area (Å²) in [6.07, 6.45) is 4.65. The van der Waals surface area contributed by atoms with Crippen LogP contribution in [0, 0.1) is 5.92 Å². The summed E-state index contributed by atoms with van der Waals surface area (Å²) < 4.78 is 0. The highest BCUT2D eigenvalue weighted by Crippen LogP contribution is 2.34. The van der Waals surface area contributed by atoms with Gasteiger partial charge >= 0.3 is 13.1 Å². The van der Waals surface area contributed by atoms with Gasteiger partial charge in [-0.2, -0.15) is 0 Å². The van der Waals surface area contributed by atoms with Gasteiger partial charge in [0.2, 0.25) is 0 Å². The highest BCUT2D eigenvalue weighted by molar-refractivity contribution is 6.40. The van der Waals surface area contributed by atoms with E-state index in [4.69, 9.17) is 15.8 Å². The second-order valence-corrected chi connectivity index (χ2v) is 7.88. The van der Waals surface area contributed by atoms with Crippen molar-refractivity contribution in [2.75, 3.05) is 13.1 Å². The highest BCUT2D eigenvalue weighted by Gasteiger charge is 2.46. The maximum atomic E-state index is 11.9. The summed E-state index contributed by atoms with van der Waals surface area (Å²) in [5.74, 6) is -1.01. The number of hydrogen-bond donors (Lipinski definition) is 4. The van der Waals surface area contributed by atoms with Crippen molar-refractivity contribution in [2.45, 2.75) is 56.4 Å². The minimum Gasteiger partial charge on any atom is -0.480 e. The second-order valence-electron chi connectivity index (χ2n) is 7.88. The van der Waals surface area contributed by atoms with Crippen LogP contribution in [0.3, 0.4) is 0 Å². The predicted octanol–water partition coefficient (Wildman–Crippen LogP) is 0.901. The number of likely N-dealkylation sites (tertiary alicyclic amines) is 1. The molecule has 0 bridgehead atoms. The van der Waals surface area contributed by atoms with E-state index in [0.717, 1.165) is 32.4 Å². The van der Waals surface area contributed by atoms with E-state index in [9.17, 15) is 9.90 Å². The molecule has 0 amide bonds. The van der Waals surface area contributed by atoms with Crippen molar-refractivity contribution in [2.24, 2.45) is 11.7 Å². The van der Waals surface area contributed by atoms with Gasteiger partial charge in [0.15, 0.2) is 0 Å². The number of nitrogens with zero attached hydrogens (tertiary/aromatic N) is 1.